The first-order chi connectivity index (χ1) is 9.28. The molecule has 0 fully saturated rings. The average Bonchev–Trinajstić information content (AvgIpc) is 2.43. The molecule has 0 saturated carbocycles. The fraction of sp³-hybridized carbons (Fsp3) is 0.250. The Bertz CT molecular complexity index is 527. The summed E-state index contributed by atoms with van der Waals surface area (Å²) in [4.78, 5) is 0. The van der Waals surface area contributed by atoms with Gasteiger partial charge in [-0.25, -0.2) is 0 Å². The molecule has 0 bridgehead atoms. The van der Waals surface area contributed by atoms with Crippen LogP contribution in [0.15, 0.2) is 58.8 Å². The molecule has 3 heteroatoms. The fourth-order valence-corrected chi connectivity index (χ4v) is 1.85. The molecule has 0 saturated heterocycles. The van der Waals surface area contributed by atoms with Crippen molar-refractivity contribution in [2.75, 3.05) is 7.05 Å². The van der Waals surface area contributed by atoms with Crippen molar-refractivity contribution in [1.82, 2.24) is 5.32 Å². The quantitative estimate of drug-likeness (QED) is 0.803. The van der Waals surface area contributed by atoms with Crippen LogP contribution in [0.2, 0.25) is 0 Å². The van der Waals surface area contributed by atoms with Crippen molar-refractivity contribution in [2.45, 2.75) is 20.0 Å². The lowest BCUT2D eigenvalue weighted by molar-refractivity contribution is 0.693. The van der Waals surface area contributed by atoms with Gasteiger partial charge < -0.3 is 5.32 Å². The van der Waals surface area contributed by atoms with Crippen molar-refractivity contribution in [1.29, 1.82) is 0 Å². The molecule has 2 aromatic rings. The Morgan fingerprint density at radius 2 is 1.37 bits per heavy atom. The maximum absolute atomic E-state index is 3.99. The second-order valence-electron chi connectivity index (χ2n) is 4.56. The summed E-state index contributed by atoms with van der Waals surface area (Å²) in [5.41, 5.74) is 4.75. The van der Waals surface area contributed by atoms with E-state index >= 15 is 0 Å². The van der Waals surface area contributed by atoms with Crippen molar-refractivity contribution in [3.8, 4) is 0 Å². The molecule has 19 heavy (non-hydrogen) atoms. The third-order valence-corrected chi connectivity index (χ3v) is 2.93. The first-order valence-electron chi connectivity index (χ1n) is 6.43. The molecule has 0 atom stereocenters. The van der Waals surface area contributed by atoms with Crippen molar-refractivity contribution < 1.29 is 0 Å². The van der Waals surface area contributed by atoms with Crippen molar-refractivity contribution in [2.24, 2.45) is 10.2 Å². The van der Waals surface area contributed by atoms with Gasteiger partial charge in [0.1, 0.15) is 0 Å². The molecule has 0 amide bonds. The zero-order chi connectivity index (χ0) is 13.5. The molecule has 2 rings (SSSR count). The zero-order valence-electron chi connectivity index (χ0n) is 11.4. The number of benzene rings is 2. The minimum atomic E-state index is 0.859. The lowest BCUT2D eigenvalue weighted by atomic mass is 10.1. The van der Waals surface area contributed by atoms with E-state index in [4.69, 9.17) is 0 Å². The highest BCUT2D eigenvalue weighted by Gasteiger charge is 1.95. The van der Waals surface area contributed by atoms with E-state index in [1.807, 2.05) is 12.1 Å². The summed E-state index contributed by atoms with van der Waals surface area (Å²) in [5, 5.41) is 11.2. The highest BCUT2D eigenvalue weighted by Crippen LogP contribution is 2.13. The first-order valence-corrected chi connectivity index (χ1v) is 6.43. The van der Waals surface area contributed by atoms with Crippen LogP contribution in [0.1, 0.15) is 16.7 Å². The molecule has 0 unspecified atom stereocenters. The lowest BCUT2D eigenvalue weighted by Crippen LogP contribution is -2.12. The van der Waals surface area contributed by atoms with Crippen LogP contribution in [-0.4, -0.2) is 7.05 Å². The number of nitrogens with zero attached hydrogens (tertiary/aromatic N) is 2. The van der Waals surface area contributed by atoms with Gasteiger partial charge in [0.05, 0.1) is 5.69 Å². The molecule has 0 aliphatic rings. The lowest BCUT2D eigenvalue weighted by Gasteiger charge is -2.05. The van der Waals surface area contributed by atoms with Gasteiger partial charge in [0, 0.05) is 20.1 Å². The van der Waals surface area contributed by atoms with Crippen LogP contribution in [-0.2, 0) is 13.1 Å². The highest BCUT2D eigenvalue weighted by molar-refractivity contribution is 5.38. The molecule has 2 aromatic carbocycles. The molecule has 0 aliphatic heterocycles. The Labute approximate surface area is 114 Å². The number of hydrogen-bond donors (Lipinski definition) is 1. The van der Waals surface area contributed by atoms with Gasteiger partial charge in [0.2, 0.25) is 0 Å². The van der Waals surface area contributed by atoms with Gasteiger partial charge in [0.15, 0.2) is 0 Å². The van der Waals surface area contributed by atoms with E-state index in [0.29, 0.717) is 0 Å². The third-order valence-electron chi connectivity index (χ3n) is 2.93. The topological polar surface area (TPSA) is 36.8 Å². The molecule has 0 spiro atoms. The summed E-state index contributed by atoms with van der Waals surface area (Å²) in [6.45, 7) is 3.85. The largest absolute Gasteiger partial charge is 0.309 e. The zero-order valence-corrected chi connectivity index (χ0v) is 11.4. The van der Waals surface area contributed by atoms with Crippen LogP contribution in [0.3, 0.4) is 0 Å². The number of nitrogens with one attached hydrogen (secondary N) is 1. The van der Waals surface area contributed by atoms with E-state index in [1.165, 1.54) is 16.7 Å². The smallest absolute Gasteiger partial charge is 0.0852 e. The summed E-state index contributed by atoms with van der Waals surface area (Å²) in [5.74, 6) is 0. The van der Waals surface area contributed by atoms with E-state index in [2.05, 4.69) is 58.9 Å². The van der Waals surface area contributed by atoms with Crippen LogP contribution in [0.4, 0.5) is 5.69 Å². The Morgan fingerprint density at radius 3 is 1.89 bits per heavy atom. The first kappa shape index (κ1) is 13.4. The predicted octanol–water partition coefficient (Wildman–Crippen LogP) is 4.00. The molecular weight excluding hydrogens is 234 g/mol. The van der Waals surface area contributed by atoms with Crippen LogP contribution in [0.25, 0.3) is 0 Å². The van der Waals surface area contributed by atoms with Crippen LogP contribution in [0.5, 0.6) is 0 Å². The Balaban J connectivity index is 1.83. The van der Waals surface area contributed by atoms with Crippen LogP contribution >= 0.6 is 0 Å². The Morgan fingerprint density at radius 1 is 0.842 bits per heavy atom. The molecule has 98 valence electrons. The number of azo groups is 1. The molecule has 1 N–H and O–H groups in total. The van der Waals surface area contributed by atoms with Crippen LogP contribution in [0, 0.1) is 6.92 Å². The van der Waals surface area contributed by atoms with E-state index in [0.717, 1.165) is 18.8 Å². The Kier molecular flexibility index (Phi) is 4.81. The maximum atomic E-state index is 3.99. The monoisotopic (exact) mass is 253 g/mol. The second kappa shape index (κ2) is 6.81. The van der Waals surface area contributed by atoms with E-state index < -0.39 is 0 Å². The fourth-order valence-electron chi connectivity index (χ4n) is 1.85. The maximum Gasteiger partial charge on any atom is 0.0852 e. The van der Waals surface area contributed by atoms with Crippen molar-refractivity contribution in [3.63, 3.8) is 0 Å². The normalized spacial score (nSPS) is 11.1. The molecule has 0 aliphatic carbocycles. The number of hydrogen-bond acceptors (Lipinski definition) is 3. The standard InChI is InChI=1S/C16H19N3/c1-13-3-5-14(6-4-13)11-18-12-15-7-9-16(10-8-15)19-17-2/h3-10,18H,11-12H2,1-2H3. The molecule has 0 aromatic heterocycles. The average molecular weight is 253 g/mol. The highest BCUT2D eigenvalue weighted by atomic mass is 15.1. The summed E-state index contributed by atoms with van der Waals surface area (Å²) >= 11 is 0. The van der Waals surface area contributed by atoms with Gasteiger partial charge in [-0.05, 0) is 30.2 Å². The molecule has 0 radical (unpaired) electrons. The Hall–Kier alpha value is -2.00. The van der Waals surface area contributed by atoms with Gasteiger partial charge in [-0.3, -0.25) is 0 Å². The van der Waals surface area contributed by atoms with Crippen molar-refractivity contribution >= 4 is 5.69 Å². The minimum absolute atomic E-state index is 0.859. The van der Waals surface area contributed by atoms with Gasteiger partial charge in [-0.15, -0.1) is 0 Å². The number of rotatable bonds is 5. The van der Waals surface area contributed by atoms with Crippen LogP contribution < -0.4 is 5.32 Å². The van der Waals surface area contributed by atoms with Gasteiger partial charge in [-0.1, -0.05) is 42.0 Å². The van der Waals surface area contributed by atoms with Crippen molar-refractivity contribution in [3.05, 3.63) is 65.2 Å². The minimum Gasteiger partial charge on any atom is -0.309 e. The summed E-state index contributed by atoms with van der Waals surface area (Å²) in [6.07, 6.45) is 0. The number of aryl methyl sites for hydroxylation is 1. The van der Waals surface area contributed by atoms with Gasteiger partial charge in [0.25, 0.3) is 0 Å². The van der Waals surface area contributed by atoms with E-state index in [9.17, 15) is 0 Å². The SMILES string of the molecule is CN=Nc1ccc(CNCc2ccc(C)cc2)cc1. The summed E-state index contributed by atoms with van der Waals surface area (Å²) < 4.78 is 0. The predicted molar refractivity (Wildman–Crippen MR) is 78.6 cm³/mol. The molecular formula is C16H19N3. The van der Waals surface area contributed by atoms with Gasteiger partial charge >= 0.3 is 0 Å². The van der Waals surface area contributed by atoms with E-state index in [-0.39, 0.29) is 0 Å². The van der Waals surface area contributed by atoms with E-state index in [1.54, 1.807) is 7.05 Å². The second-order valence-corrected chi connectivity index (χ2v) is 4.56. The summed E-state index contributed by atoms with van der Waals surface area (Å²) in [6, 6.07) is 16.7. The molecule has 3 nitrogen and oxygen atoms in total. The third kappa shape index (κ3) is 4.30. The molecule has 0 heterocycles. The van der Waals surface area contributed by atoms with Gasteiger partial charge in [-0.2, -0.15) is 10.2 Å². The summed E-state index contributed by atoms with van der Waals surface area (Å²) in [7, 11) is 1.68.